The van der Waals surface area contributed by atoms with Gasteiger partial charge in [0.25, 0.3) is 5.56 Å². The summed E-state index contributed by atoms with van der Waals surface area (Å²) in [6, 6.07) is 13.1. The minimum absolute atomic E-state index is 0.358. The fourth-order valence-electron chi connectivity index (χ4n) is 2.18. The zero-order chi connectivity index (χ0) is 17.8. The molecule has 0 atom stereocenters. The van der Waals surface area contributed by atoms with E-state index in [1.54, 1.807) is 48.5 Å². The molecule has 0 spiro atoms. The van der Waals surface area contributed by atoms with E-state index in [0.29, 0.717) is 22.2 Å². The van der Waals surface area contributed by atoms with Gasteiger partial charge in [-0.05, 0) is 42.0 Å². The predicted molar refractivity (Wildman–Crippen MR) is 91.4 cm³/mol. The SMILES string of the molecule is O=C(O)COc1ccc(/C=N\n2c(=O)[nH]c3ccccc3c2=O)cc1. The maximum Gasteiger partial charge on any atom is 0.349 e. The highest BCUT2D eigenvalue weighted by atomic mass is 16.5. The molecule has 8 heteroatoms. The van der Waals surface area contributed by atoms with E-state index in [9.17, 15) is 14.4 Å². The summed E-state index contributed by atoms with van der Waals surface area (Å²) in [5, 5.41) is 12.8. The summed E-state index contributed by atoms with van der Waals surface area (Å²) in [5.74, 6) is -0.680. The number of nitrogens with zero attached hydrogens (tertiary/aromatic N) is 2. The molecule has 0 aliphatic rings. The van der Waals surface area contributed by atoms with Gasteiger partial charge in [-0.15, -0.1) is 4.68 Å². The molecule has 3 rings (SSSR count). The first-order valence-corrected chi connectivity index (χ1v) is 7.28. The lowest BCUT2D eigenvalue weighted by Crippen LogP contribution is -2.32. The first-order chi connectivity index (χ1) is 12.0. The number of benzene rings is 2. The lowest BCUT2D eigenvalue weighted by Gasteiger charge is -2.03. The number of para-hydroxylation sites is 1. The Balaban J connectivity index is 1.87. The first-order valence-electron chi connectivity index (χ1n) is 7.28. The summed E-state index contributed by atoms with van der Waals surface area (Å²) in [5.41, 5.74) is -0.0932. The van der Waals surface area contributed by atoms with Crippen molar-refractivity contribution in [1.29, 1.82) is 0 Å². The van der Waals surface area contributed by atoms with Crippen LogP contribution in [0.4, 0.5) is 0 Å². The summed E-state index contributed by atoms with van der Waals surface area (Å²) < 4.78 is 5.76. The van der Waals surface area contributed by atoms with Crippen LogP contribution in [0.1, 0.15) is 5.56 Å². The first kappa shape index (κ1) is 16.2. The summed E-state index contributed by atoms with van der Waals surface area (Å²) >= 11 is 0. The van der Waals surface area contributed by atoms with E-state index in [1.165, 1.54) is 6.21 Å². The third kappa shape index (κ3) is 3.63. The van der Waals surface area contributed by atoms with E-state index in [0.717, 1.165) is 4.68 Å². The third-order valence-corrected chi connectivity index (χ3v) is 3.35. The zero-order valence-corrected chi connectivity index (χ0v) is 12.9. The van der Waals surface area contributed by atoms with Crippen LogP contribution in [0.2, 0.25) is 0 Å². The van der Waals surface area contributed by atoms with Crippen molar-refractivity contribution in [2.45, 2.75) is 0 Å². The van der Waals surface area contributed by atoms with Crippen LogP contribution < -0.4 is 16.0 Å². The standard InChI is InChI=1S/C17H13N3O5/c21-15(22)10-25-12-7-5-11(6-8-12)9-18-20-16(23)13-3-1-2-4-14(13)19-17(20)24/h1-9H,10H2,(H,19,24)(H,21,22)/b18-9-. The second-order valence-corrected chi connectivity index (χ2v) is 5.09. The van der Waals surface area contributed by atoms with Crippen molar-refractivity contribution in [1.82, 2.24) is 9.66 Å². The van der Waals surface area contributed by atoms with Crippen LogP contribution in [0.3, 0.4) is 0 Å². The van der Waals surface area contributed by atoms with Gasteiger partial charge in [-0.3, -0.25) is 4.79 Å². The van der Waals surface area contributed by atoms with Crippen LogP contribution in [0, 0.1) is 0 Å². The molecule has 1 aromatic heterocycles. The Kier molecular flexibility index (Phi) is 4.42. The quantitative estimate of drug-likeness (QED) is 0.674. The van der Waals surface area contributed by atoms with E-state index in [2.05, 4.69) is 10.1 Å². The second-order valence-electron chi connectivity index (χ2n) is 5.09. The number of ether oxygens (including phenoxy) is 1. The number of aliphatic carboxylic acids is 1. The van der Waals surface area contributed by atoms with Crippen LogP contribution in [0.5, 0.6) is 5.75 Å². The molecule has 0 bridgehead atoms. The van der Waals surface area contributed by atoms with E-state index in [4.69, 9.17) is 9.84 Å². The normalized spacial score (nSPS) is 11.0. The van der Waals surface area contributed by atoms with Crippen molar-refractivity contribution in [3.05, 3.63) is 74.9 Å². The summed E-state index contributed by atoms with van der Waals surface area (Å²) in [7, 11) is 0. The van der Waals surface area contributed by atoms with Gasteiger partial charge in [0.2, 0.25) is 0 Å². The molecule has 0 radical (unpaired) electrons. The minimum Gasteiger partial charge on any atom is -0.482 e. The van der Waals surface area contributed by atoms with Crippen LogP contribution in [0.15, 0.2) is 63.2 Å². The van der Waals surface area contributed by atoms with E-state index >= 15 is 0 Å². The lowest BCUT2D eigenvalue weighted by atomic mass is 10.2. The highest BCUT2D eigenvalue weighted by Crippen LogP contribution is 2.11. The van der Waals surface area contributed by atoms with Crippen LogP contribution in [-0.2, 0) is 4.79 Å². The van der Waals surface area contributed by atoms with Gasteiger partial charge in [0.05, 0.1) is 17.1 Å². The number of H-pyrrole nitrogens is 1. The average Bonchev–Trinajstić information content (AvgIpc) is 2.60. The number of carbonyl (C=O) groups is 1. The van der Waals surface area contributed by atoms with Crippen molar-refractivity contribution in [3.63, 3.8) is 0 Å². The molecule has 25 heavy (non-hydrogen) atoms. The Morgan fingerprint density at radius 1 is 1.16 bits per heavy atom. The number of aromatic nitrogens is 2. The van der Waals surface area contributed by atoms with Gasteiger partial charge in [0.15, 0.2) is 6.61 Å². The molecule has 0 unspecified atom stereocenters. The third-order valence-electron chi connectivity index (χ3n) is 3.35. The van der Waals surface area contributed by atoms with E-state index in [-0.39, 0.29) is 0 Å². The Morgan fingerprint density at radius 2 is 1.88 bits per heavy atom. The summed E-state index contributed by atoms with van der Waals surface area (Å²) in [6.07, 6.45) is 1.35. The van der Waals surface area contributed by atoms with Crippen molar-refractivity contribution in [3.8, 4) is 5.75 Å². The molecule has 126 valence electrons. The second kappa shape index (κ2) is 6.83. The monoisotopic (exact) mass is 339 g/mol. The molecule has 0 aliphatic carbocycles. The Hall–Kier alpha value is -3.68. The van der Waals surface area contributed by atoms with E-state index in [1.807, 2.05) is 0 Å². The number of carboxylic acids is 1. The number of rotatable bonds is 5. The molecule has 3 aromatic rings. The molecule has 0 aliphatic heterocycles. The fraction of sp³-hybridized carbons (Fsp3) is 0.0588. The lowest BCUT2D eigenvalue weighted by molar-refractivity contribution is -0.139. The molecular formula is C17H13N3O5. The summed E-state index contributed by atoms with van der Waals surface area (Å²) in [6.45, 7) is -0.435. The zero-order valence-electron chi connectivity index (χ0n) is 12.9. The van der Waals surface area contributed by atoms with Crippen LogP contribution in [-0.4, -0.2) is 33.6 Å². The topological polar surface area (TPSA) is 114 Å². The Labute approximate surface area is 140 Å². The molecule has 0 saturated carbocycles. The number of nitrogens with one attached hydrogen (secondary N) is 1. The maximum atomic E-state index is 12.3. The molecular weight excluding hydrogens is 326 g/mol. The fourth-order valence-corrected chi connectivity index (χ4v) is 2.18. The molecule has 0 amide bonds. The van der Waals surface area contributed by atoms with Gasteiger partial charge in [0, 0.05) is 0 Å². The summed E-state index contributed by atoms with van der Waals surface area (Å²) in [4.78, 5) is 37.4. The highest BCUT2D eigenvalue weighted by Gasteiger charge is 2.05. The average molecular weight is 339 g/mol. The minimum atomic E-state index is -1.07. The Morgan fingerprint density at radius 3 is 2.60 bits per heavy atom. The number of fused-ring (bicyclic) bond motifs is 1. The number of carboxylic acid groups (broad SMARTS) is 1. The van der Waals surface area contributed by atoms with Gasteiger partial charge in [-0.25, -0.2) is 9.59 Å². The number of hydrogen-bond acceptors (Lipinski definition) is 5. The van der Waals surface area contributed by atoms with Crippen molar-refractivity contribution in [2.75, 3.05) is 6.61 Å². The molecule has 0 fully saturated rings. The highest BCUT2D eigenvalue weighted by molar-refractivity contribution is 5.80. The number of aromatic amines is 1. The van der Waals surface area contributed by atoms with Gasteiger partial charge < -0.3 is 14.8 Å². The smallest absolute Gasteiger partial charge is 0.349 e. The van der Waals surface area contributed by atoms with E-state index < -0.39 is 23.8 Å². The molecule has 8 nitrogen and oxygen atoms in total. The van der Waals surface area contributed by atoms with Gasteiger partial charge in [-0.2, -0.15) is 5.10 Å². The van der Waals surface area contributed by atoms with Crippen LogP contribution >= 0.6 is 0 Å². The largest absolute Gasteiger partial charge is 0.482 e. The number of hydrogen-bond donors (Lipinski definition) is 2. The molecule has 2 aromatic carbocycles. The van der Waals surface area contributed by atoms with Crippen molar-refractivity contribution < 1.29 is 14.6 Å². The van der Waals surface area contributed by atoms with Gasteiger partial charge in [-0.1, -0.05) is 12.1 Å². The van der Waals surface area contributed by atoms with Gasteiger partial charge in [0.1, 0.15) is 5.75 Å². The Bertz CT molecular complexity index is 1060. The predicted octanol–water partition coefficient (Wildman–Crippen LogP) is 1.04. The van der Waals surface area contributed by atoms with Crippen molar-refractivity contribution in [2.24, 2.45) is 5.10 Å². The van der Waals surface area contributed by atoms with Gasteiger partial charge >= 0.3 is 11.7 Å². The molecule has 1 heterocycles. The maximum absolute atomic E-state index is 12.3. The molecule has 0 saturated heterocycles. The molecule has 2 N–H and O–H groups in total. The van der Waals surface area contributed by atoms with Crippen LogP contribution in [0.25, 0.3) is 10.9 Å². The van der Waals surface area contributed by atoms with Crippen molar-refractivity contribution >= 4 is 23.1 Å².